The van der Waals surface area contributed by atoms with E-state index in [4.69, 9.17) is 47.4 Å². The van der Waals surface area contributed by atoms with E-state index in [1.54, 1.807) is 27.7 Å². The van der Waals surface area contributed by atoms with Gasteiger partial charge in [-0.15, -0.1) is 0 Å². The van der Waals surface area contributed by atoms with E-state index in [-0.39, 0.29) is 65.2 Å². The molecule has 10 atom stereocenters. The molecular weight excluding hydrogens is 1050 g/mol. The van der Waals surface area contributed by atoms with Gasteiger partial charge in [0.05, 0.1) is 38.3 Å². The van der Waals surface area contributed by atoms with Crippen molar-refractivity contribution in [1.29, 1.82) is 0 Å². The highest BCUT2D eigenvalue weighted by molar-refractivity contribution is 5.98. The molecule has 446 valence electrons. The lowest BCUT2D eigenvalue weighted by Crippen LogP contribution is -2.46. The predicted molar refractivity (Wildman–Crippen MR) is 294 cm³/mol. The van der Waals surface area contributed by atoms with Crippen LogP contribution in [-0.4, -0.2) is 140 Å². The van der Waals surface area contributed by atoms with Crippen molar-refractivity contribution < 1.29 is 81.2 Å². The molecular formula is C60H84N4O17. The van der Waals surface area contributed by atoms with Crippen LogP contribution in [0.15, 0.2) is 54.9 Å². The molecule has 21 heteroatoms. The number of hydrogen-bond acceptors (Lipinski definition) is 19. The summed E-state index contributed by atoms with van der Waals surface area (Å²) in [5, 5.41) is 16.1. The fourth-order valence-corrected chi connectivity index (χ4v) is 10.2. The third kappa shape index (κ3) is 19.0. The normalized spacial score (nSPS) is 23.6. The van der Waals surface area contributed by atoms with Crippen molar-refractivity contribution in [2.45, 2.75) is 180 Å². The first kappa shape index (κ1) is 63.6. The van der Waals surface area contributed by atoms with Crippen molar-refractivity contribution in [1.82, 2.24) is 20.6 Å². The second kappa shape index (κ2) is 32.2. The van der Waals surface area contributed by atoms with E-state index in [1.165, 1.54) is 44.3 Å². The molecule has 1 aliphatic carbocycles. The maximum Gasteiger partial charge on any atom is 0.329 e. The Hall–Kier alpha value is -6.58. The number of benzene rings is 1. The zero-order valence-electron chi connectivity index (χ0n) is 48.2. The number of hydrogen-bond donors (Lipinski definition) is 3. The van der Waals surface area contributed by atoms with Crippen LogP contribution in [0.5, 0.6) is 23.0 Å². The Balaban J connectivity index is 1.07. The summed E-state index contributed by atoms with van der Waals surface area (Å²) in [4.78, 5) is 88.7. The first-order valence-electron chi connectivity index (χ1n) is 28.6. The number of amides is 2. The highest BCUT2D eigenvalue weighted by atomic mass is 16.7. The average Bonchev–Trinajstić information content (AvgIpc) is 4.03. The molecule has 2 aromatic heterocycles. The van der Waals surface area contributed by atoms with Crippen molar-refractivity contribution in [3.63, 3.8) is 0 Å². The van der Waals surface area contributed by atoms with Crippen molar-refractivity contribution >= 4 is 35.7 Å². The number of rotatable bonds is 26. The molecule has 2 aliphatic heterocycles. The molecule has 3 aliphatic rings. The van der Waals surface area contributed by atoms with Crippen molar-refractivity contribution in [3.8, 4) is 23.0 Å². The van der Waals surface area contributed by atoms with Crippen LogP contribution >= 0.6 is 0 Å². The molecule has 0 bridgehead atoms. The molecule has 21 nitrogen and oxygen atoms in total. The molecule has 1 aromatic carbocycles. The summed E-state index contributed by atoms with van der Waals surface area (Å²) in [5.74, 6) is -4.56. The third-order valence-corrected chi connectivity index (χ3v) is 15.0. The van der Waals surface area contributed by atoms with Crippen LogP contribution in [0.25, 0.3) is 0 Å². The Morgan fingerprint density at radius 1 is 0.679 bits per heavy atom. The van der Waals surface area contributed by atoms with E-state index in [1.807, 2.05) is 18.2 Å². The number of methoxy groups -OCH3 is 2. The number of esters is 4. The standard InChI is InChI=1S/C60H84N4O17/c1-36(2)57(68)78-35-77-54-46(73-8)29-31-62-50(54)56(67)64-44-23-15-25-48(53(40(6)80-60(44)71)81-58(69)42-20-12-13-21-42)75-33-37(3)26-27-38(4)34-76-52-39(5)79-59(70)43(63-55(66)49-51(65)45(72-7)28-30-61-49)22-14-24-47(52)74-32-16-19-41-17-10-9-11-18-41/h9-11,17-18,28-31,36-40,42-44,47-48,52-53,65H,12-16,19-27,32-35H2,1-8H3,(H,63,66)(H,64,67). The van der Waals surface area contributed by atoms with Gasteiger partial charge in [-0.25, -0.2) is 19.6 Å². The Labute approximate surface area is 475 Å². The molecule has 0 radical (unpaired) electrons. The first-order valence-corrected chi connectivity index (χ1v) is 28.6. The second-order valence-corrected chi connectivity index (χ2v) is 21.8. The van der Waals surface area contributed by atoms with Gasteiger partial charge in [-0.2, -0.15) is 0 Å². The van der Waals surface area contributed by atoms with Gasteiger partial charge in [0.25, 0.3) is 11.8 Å². The Bertz CT molecular complexity index is 2510. The maximum absolute atomic E-state index is 13.9. The van der Waals surface area contributed by atoms with Crippen LogP contribution in [0.3, 0.4) is 0 Å². The average molecular weight is 1130 g/mol. The first-order chi connectivity index (χ1) is 39.0. The lowest BCUT2D eigenvalue weighted by molar-refractivity contribution is -0.183. The maximum atomic E-state index is 13.9. The molecule has 2 amide bonds. The van der Waals surface area contributed by atoms with Gasteiger partial charge in [-0.3, -0.25) is 19.2 Å². The van der Waals surface area contributed by atoms with Crippen molar-refractivity contribution in [2.75, 3.05) is 40.8 Å². The van der Waals surface area contributed by atoms with Crippen molar-refractivity contribution in [2.24, 2.45) is 23.7 Å². The van der Waals surface area contributed by atoms with E-state index >= 15 is 0 Å². The summed E-state index contributed by atoms with van der Waals surface area (Å²) >= 11 is 0. The molecule has 6 rings (SSSR count). The fraction of sp³-hybridized carbons (Fsp3) is 0.633. The van der Waals surface area contributed by atoms with Crippen LogP contribution < -0.4 is 24.8 Å². The largest absolute Gasteiger partial charge is 0.503 e. The minimum absolute atomic E-state index is 0.0449. The molecule has 3 aromatic rings. The number of carbonyl (C=O) groups excluding carboxylic acids is 6. The highest BCUT2D eigenvalue weighted by Crippen LogP contribution is 2.33. The number of nitrogens with one attached hydrogen (secondary N) is 2. The second-order valence-electron chi connectivity index (χ2n) is 21.8. The number of aryl methyl sites for hydroxylation is 1. The molecule has 1 saturated carbocycles. The molecule has 3 fully saturated rings. The molecule has 81 heavy (non-hydrogen) atoms. The molecule has 4 heterocycles. The molecule has 2 saturated heterocycles. The summed E-state index contributed by atoms with van der Waals surface area (Å²) < 4.78 is 59.5. The Kier molecular flexibility index (Phi) is 25.3. The van der Waals surface area contributed by atoms with Gasteiger partial charge in [0.1, 0.15) is 30.4 Å². The summed E-state index contributed by atoms with van der Waals surface area (Å²) in [7, 11) is 2.75. The van der Waals surface area contributed by atoms with Gasteiger partial charge in [0.2, 0.25) is 6.79 Å². The summed E-state index contributed by atoms with van der Waals surface area (Å²) in [6, 6.07) is 10.9. The van der Waals surface area contributed by atoms with E-state index in [9.17, 15) is 33.9 Å². The minimum atomic E-state index is -1.11. The highest BCUT2D eigenvalue weighted by Gasteiger charge is 2.41. The van der Waals surface area contributed by atoms with Crippen LogP contribution in [0, 0.1) is 23.7 Å². The minimum Gasteiger partial charge on any atom is -0.503 e. The van der Waals surface area contributed by atoms with Gasteiger partial charge in [0.15, 0.2) is 40.5 Å². The lowest BCUT2D eigenvalue weighted by atomic mass is 9.98. The number of pyridine rings is 2. The van der Waals surface area contributed by atoms with Gasteiger partial charge < -0.3 is 63.1 Å². The van der Waals surface area contributed by atoms with Gasteiger partial charge in [-0.05, 0) is 108 Å². The lowest BCUT2D eigenvalue weighted by Gasteiger charge is -2.32. The number of cyclic esters (lactones) is 2. The molecule has 10 unspecified atom stereocenters. The number of ether oxygens (including phenoxy) is 10. The van der Waals surface area contributed by atoms with Crippen LogP contribution in [0.4, 0.5) is 0 Å². The van der Waals surface area contributed by atoms with E-state index in [2.05, 4.69) is 46.6 Å². The Morgan fingerprint density at radius 2 is 1.23 bits per heavy atom. The predicted octanol–water partition coefficient (Wildman–Crippen LogP) is 7.81. The van der Waals surface area contributed by atoms with E-state index < -0.39 is 96.9 Å². The van der Waals surface area contributed by atoms with Crippen LogP contribution in [0.2, 0.25) is 0 Å². The summed E-state index contributed by atoms with van der Waals surface area (Å²) in [6.07, 6.45) is 6.98. The van der Waals surface area contributed by atoms with Gasteiger partial charge >= 0.3 is 23.9 Å². The zero-order chi connectivity index (χ0) is 58.4. The fourth-order valence-electron chi connectivity index (χ4n) is 10.2. The third-order valence-electron chi connectivity index (χ3n) is 15.0. The number of carbonyl (C=O) groups is 6. The Morgan fingerprint density at radius 3 is 1.84 bits per heavy atom. The molecule has 3 N–H and O–H groups in total. The number of aromatic hydroxyl groups is 1. The number of nitrogens with zero attached hydrogens (tertiary/aromatic N) is 2. The van der Waals surface area contributed by atoms with Crippen LogP contribution in [0.1, 0.15) is 152 Å². The van der Waals surface area contributed by atoms with E-state index in [0.29, 0.717) is 58.3 Å². The number of aromatic nitrogens is 2. The topological polar surface area (TPSA) is 265 Å². The van der Waals surface area contributed by atoms with Crippen LogP contribution in [-0.2, 0) is 58.8 Å². The quantitative estimate of drug-likeness (QED) is 0.0299. The molecule has 0 spiro atoms. The van der Waals surface area contributed by atoms with E-state index in [0.717, 1.165) is 38.5 Å². The monoisotopic (exact) mass is 1130 g/mol. The summed E-state index contributed by atoms with van der Waals surface area (Å²) in [6.45, 7) is 11.5. The smallest absolute Gasteiger partial charge is 0.329 e. The van der Waals surface area contributed by atoms with Gasteiger partial charge in [0, 0.05) is 44.3 Å². The van der Waals surface area contributed by atoms with Gasteiger partial charge in [-0.1, -0.05) is 70.9 Å². The zero-order valence-corrected chi connectivity index (χ0v) is 48.2. The van der Waals surface area contributed by atoms with Crippen molar-refractivity contribution in [3.05, 3.63) is 71.8 Å². The summed E-state index contributed by atoms with van der Waals surface area (Å²) in [5.41, 5.74) is 0.728. The SMILES string of the molecule is COc1ccnc(C(=O)NC2CCCC(OCCCc3ccccc3)C(OCC(C)CCC(C)COC3CCCC(NC(=O)c4nccc(OC)c4OCOC(=O)C(C)C)C(=O)OC(C)C3OC(=O)C3CCCC3)C(C)OC2=O)c1O.